The first-order valence-corrected chi connectivity index (χ1v) is 17.2. The number of anilines is 2. The first kappa shape index (κ1) is 32.5. The summed E-state index contributed by atoms with van der Waals surface area (Å²) in [5.74, 6) is -2.51. The van der Waals surface area contributed by atoms with Gasteiger partial charge in [-0.2, -0.15) is 0 Å². The highest BCUT2D eigenvalue weighted by atomic mass is 16.3. The van der Waals surface area contributed by atoms with E-state index < -0.39 is 29.7 Å². The minimum atomic E-state index is -1.08. The van der Waals surface area contributed by atoms with Gasteiger partial charge in [0.05, 0.1) is 30.2 Å². The topological polar surface area (TPSA) is 161 Å². The van der Waals surface area contributed by atoms with E-state index in [0.29, 0.717) is 11.3 Å². The van der Waals surface area contributed by atoms with Gasteiger partial charge in [0, 0.05) is 48.7 Å². The van der Waals surface area contributed by atoms with Crippen molar-refractivity contribution in [3.05, 3.63) is 113 Å². The van der Waals surface area contributed by atoms with Crippen LogP contribution in [-0.2, 0) is 27.3 Å². The SMILES string of the molecule is O=C1CCC(N2C(=O)c3cccc(CC(=O)Nc4cccc(-c5ccc6c(c5)[C@H]5[C@H](CCN5Cc5ccncc5)[C@@H](CO)N6)c4)c3C2=O)C(=O)N1. The maximum absolute atomic E-state index is 13.5. The van der Waals surface area contributed by atoms with E-state index in [2.05, 4.69) is 38.0 Å². The molecule has 258 valence electrons. The van der Waals surface area contributed by atoms with Crippen molar-refractivity contribution in [1.29, 1.82) is 0 Å². The Hall–Kier alpha value is -5.72. The largest absolute Gasteiger partial charge is 0.394 e. The predicted molar refractivity (Wildman–Crippen MR) is 187 cm³/mol. The third-order valence-electron chi connectivity index (χ3n) is 10.5. The molecule has 4 aliphatic heterocycles. The quantitative estimate of drug-likeness (QED) is 0.203. The molecule has 2 fully saturated rings. The fraction of sp³-hybridized carbons (Fsp3) is 0.282. The second kappa shape index (κ2) is 13.2. The summed E-state index contributed by atoms with van der Waals surface area (Å²) < 4.78 is 0. The maximum Gasteiger partial charge on any atom is 0.262 e. The van der Waals surface area contributed by atoms with Crippen LogP contribution in [0.1, 0.15) is 62.7 Å². The normalized spacial score (nSPS) is 22.6. The van der Waals surface area contributed by atoms with Crippen molar-refractivity contribution in [1.82, 2.24) is 20.1 Å². The summed E-state index contributed by atoms with van der Waals surface area (Å²) in [5, 5.41) is 19.0. The Morgan fingerprint density at radius 1 is 0.922 bits per heavy atom. The van der Waals surface area contributed by atoms with Gasteiger partial charge in [-0.3, -0.25) is 44.1 Å². The van der Waals surface area contributed by atoms with Crippen LogP contribution in [0.3, 0.4) is 0 Å². The number of hydrogen-bond acceptors (Lipinski definition) is 9. The van der Waals surface area contributed by atoms with Crippen molar-refractivity contribution < 1.29 is 29.1 Å². The first-order valence-electron chi connectivity index (χ1n) is 17.2. The molecule has 3 aromatic carbocycles. The number of piperidine rings is 1. The lowest BCUT2D eigenvalue weighted by Crippen LogP contribution is -2.54. The molecular weight excluding hydrogens is 648 g/mol. The van der Waals surface area contributed by atoms with Crippen molar-refractivity contribution >= 4 is 40.9 Å². The molecule has 1 aromatic heterocycles. The van der Waals surface area contributed by atoms with Gasteiger partial charge in [-0.05, 0) is 89.7 Å². The second-order valence-corrected chi connectivity index (χ2v) is 13.6. The van der Waals surface area contributed by atoms with Crippen LogP contribution in [0.25, 0.3) is 11.1 Å². The molecular formula is C39H36N6O6. The van der Waals surface area contributed by atoms with Crippen molar-refractivity contribution in [2.24, 2.45) is 5.92 Å². The lowest BCUT2D eigenvalue weighted by molar-refractivity contribution is -0.136. The van der Waals surface area contributed by atoms with Crippen LogP contribution in [-0.4, -0.2) is 74.7 Å². The molecule has 8 rings (SSSR count). The number of rotatable bonds is 8. The summed E-state index contributed by atoms with van der Waals surface area (Å²) in [7, 11) is 0. The van der Waals surface area contributed by atoms with Crippen LogP contribution < -0.4 is 16.0 Å². The number of aliphatic hydroxyl groups excluding tert-OH is 1. The Morgan fingerprint density at radius 3 is 2.53 bits per heavy atom. The highest BCUT2D eigenvalue weighted by Gasteiger charge is 2.46. The molecule has 0 bridgehead atoms. The molecule has 12 nitrogen and oxygen atoms in total. The highest BCUT2D eigenvalue weighted by molar-refractivity contribution is 6.24. The number of aromatic nitrogens is 1. The Bertz CT molecular complexity index is 2090. The van der Waals surface area contributed by atoms with Gasteiger partial charge >= 0.3 is 0 Å². The number of fused-ring (bicyclic) bond motifs is 4. The van der Waals surface area contributed by atoms with Crippen LogP contribution in [0, 0.1) is 5.92 Å². The third-order valence-corrected chi connectivity index (χ3v) is 10.5. The molecule has 51 heavy (non-hydrogen) atoms. The fourth-order valence-corrected chi connectivity index (χ4v) is 8.12. The Kier molecular flexibility index (Phi) is 8.40. The smallest absolute Gasteiger partial charge is 0.262 e. The van der Waals surface area contributed by atoms with E-state index in [0.717, 1.165) is 41.2 Å². The van der Waals surface area contributed by atoms with Gasteiger partial charge < -0.3 is 15.7 Å². The molecule has 4 atom stereocenters. The number of nitrogens with zero attached hydrogens (tertiary/aromatic N) is 3. The summed E-state index contributed by atoms with van der Waals surface area (Å²) in [6, 6.07) is 21.7. The molecule has 12 heteroatoms. The minimum Gasteiger partial charge on any atom is -0.394 e. The van der Waals surface area contributed by atoms with Gasteiger partial charge in [0.25, 0.3) is 11.8 Å². The molecule has 0 saturated carbocycles. The summed E-state index contributed by atoms with van der Waals surface area (Å²) in [6.45, 7) is 1.76. The van der Waals surface area contributed by atoms with Gasteiger partial charge in [0.1, 0.15) is 6.04 Å². The zero-order valence-electron chi connectivity index (χ0n) is 27.7. The number of imide groups is 2. The minimum absolute atomic E-state index is 0.0244. The second-order valence-electron chi connectivity index (χ2n) is 13.6. The molecule has 2 saturated heterocycles. The van der Waals surface area contributed by atoms with Crippen molar-refractivity contribution in [3.63, 3.8) is 0 Å². The first-order chi connectivity index (χ1) is 24.8. The maximum atomic E-state index is 13.5. The number of carbonyl (C=O) groups is 5. The van der Waals surface area contributed by atoms with Crippen LogP contribution in [0.15, 0.2) is 85.2 Å². The summed E-state index contributed by atoms with van der Waals surface area (Å²) >= 11 is 0. The van der Waals surface area contributed by atoms with Gasteiger partial charge in [-0.1, -0.05) is 30.3 Å². The van der Waals surface area contributed by atoms with E-state index in [1.165, 1.54) is 17.2 Å². The fourth-order valence-electron chi connectivity index (χ4n) is 8.12. The molecule has 1 unspecified atom stereocenters. The van der Waals surface area contributed by atoms with Gasteiger partial charge in [0.2, 0.25) is 17.7 Å². The van der Waals surface area contributed by atoms with E-state index in [-0.39, 0.29) is 60.9 Å². The summed E-state index contributed by atoms with van der Waals surface area (Å²) in [4.78, 5) is 71.8. The predicted octanol–water partition coefficient (Wildman–Crippen LogP) is 3.68. The summed E-state index contributed by atoms with van der Waals surface area (Å²) in [5.41, 5.74) is 6.45. The molecule has 4 N–H and O–H groups in total. The van der Waals surface area contributed by atoms with E-state index in [1.54, 1.807) is 18.2 Å². The zero-order valence-corrected chi connectivity index (χ0v) is 27.7. The number of carbonyl (C=O) groups excluding carboxylic acids is 5. The average molecular weight is 685 g/mol. The van der Waals surface area contributed by atoms with E-state index >= 15 is 0 Å². The number of pyridine rings is 1. The van der Waals surface area contributed by atoms with Crippen LogP contribution in [0.2, 0.25) is 0 Å². The zero-order chi connectivity index (χ0) is 35.2. The number of amides is 5. The molecule has 5 heterocycles. The average Bonchev–Trinajstić information content (AvgIpc) is 3.66. The third kappa shape index (κ3) is 5.96. The number of hydrogen-bond donors (Lipinski definition) is 4. The molecule has 0 spiro atoms. The Labute approximate surface area is 293 Å². The van der Waals surface area contributed by atoms with Crippen molar-refractivity contribution in [2.75, 3.05) is 23.8 Å². The van der Waals surface area contributed by atoms with Gasteiger partial charge in [-0.25, -0.2) is 0 Å². The highest BCUT2D eigenvalue weighted by Crippen LogP contribution is 2.48. The number of likely N-dealkylation sites (tertiary alicyclic amines) is 1. The van der Waals surface area contributed by atoms with Crippen molar-refractivity contribution in [2.45, 2.75) is 50.4 Å². The Balaban J connectivity index is 1.01. The van der Waals surface area contributed by atoms with E-state index in [9.17, 15) is 29.1 Å². The molecule has 0 aliphatic carbocycles. The standard InChI is InChI=1S/C39H36N6O6/c46-21-31-27-13-16-44(20-22-11-14-40-15-12-22)36(27)29-18-24(7-8-30(29)42-31)23-3-1-5-26(17-23)41-34(48)19-25-4-2-6-28-35(25)39(51)45(38(28)50)32-9-10-33(47)43-37(32)49/h1-8,11-12,14-15,17-18,27,31-32,36,42,46H,9-10,13,16,19-21H2,(H,41,48)(H,43,47,49)/t27-,31-,32?,36-/m1/s1. The Morgan fingerprint density at radius 2 is 1.73 bits per heavy atom. The molecule has 4 aliphatic rings. The summed E-state index contributed by atoms with van der Waals surface area (Å²) in [6.07, 6.45) is 4.50. The molecule has 4 aromatic rings. The van der Waals surface area contributed by atoms with Crippen LogP contribution >= 0.6 is 0 Å². The van der Waals surface area contributed by atoms with Gasteiger partial charge in [0.15, 0.2) is 0 Å². The lowest BCUT2D eigenvalue weighted by Gasteiger charge is -2.39. The number of aliphatic hydroxyl groups is 1. The van der Waals surface area contributed by atoms with E-state index in [4.69, 9.17) is 0 Å². The number of benzene rings is 3. The molecule has 0 radical (unpaired) electrons. The van der Waals surface area contributed by atoms with Crippen LogP contribution in [0.5, 0.6) is 0 Å². The number of nitrogens with one attached hydrogen (secondary N) is 3. The van der Waals surface area contributed by atoms with Gasteiger partial charge in [-0.15, -0.1) is 0 Å². The van der Waals surface area contributed by atoms with E-state index in [1.807, 2.05) is 48.8 Å². The molecule has 5 amide bonds. The lowest BCUT2D eigenvalue weighted by atomic mass is 9.82. The monoisotopic (exact) mass is 684 g/mol. The van der Waals surface area contributed by atoms with Crippen molar-refractivity contribution in [3.8, 4) is 11.1 Å². The van der Waals surface area contributed by atoms with Crippen LogP contribution in [0.4, 0.5) is 11.4 Å².